The molecule has 0 radical (unpaired) electrons. The van der Waals surface area contributed by atoms with Crippen LogP contribution in [0.15, 0.2) is 0 Å². The molecular weight excluding hydrogens is 236 g/mol. The molecule has 0 aromatic heterocycles. The van der Waals surface area contributed by atoms with Crippen LogP contribution in [-0.2, 0) is 14.3 Å². The molecule has 1 aliphatic carbocycles. The van der Waals surface area contributed by atoms with Crippen molar-refractivity contribution < 1.29 is 24.5 Å². The molecule has 18 heavy (non-hydrogen) atoms. The molecule has 0 aliphatic heterocycles. The van der Waals surface area contributed by atoms with Gasteiger partial charge < -0.3 is 19.7 Å². The summed E-state index contributed by atoms with van der Waals surface area (Å²) in [5.41, 5.74) is -0.869. The first kappa shape index (κ1) is 15.4. The predicted octanol–water partition coefficient (Wildman–Crippen LogP) is 1.43. The van der Waals surface area contributed by atoms with Crippen LogP contribution >= 0.6 is 0 Å². The minimum atomic E-state index is -0.869. The zero-order chi connectivity index (χ0) is 13.6. The second-order valence-electron chi connectivity index (χ2n) is 5.12. The summed E-state index contributed by atoms with van der Waals surface area (Å²) in [7, 11) is 0. The molecule has 1 saturated carbocycles. The first-order valence-electron chi connectivity index (χ1n) is 6.61. The fourth-order valence-corrected chi connectivity index (χ4v) is 2.18. The number of ether oxygens (including phenoxy) is 2. The molecule has 1 atom stereocenters. The first-order valence-corrected chi connectivity index (χ1v) is 6.61. The molecule has 1 unspecified atom stereocenters. The van der Waals surface area contributed by atoms with Crippen LogP contribution < -0.4 is 0 Å². The van der Waals surface area contributed by atoms with Gasteiger partial charge in [0.25, 0.3) is 0 Å². The average Bonchev–Trinajstić information content (AvgIpc) is 2.34. The van der Waals surface area contributed by atoms with Crippen LogP contribution in [0.5, 0.6) is 0 Å². The van der Waals surface area contributed by atoms with Crippen molar-refractivity contribution in [2.24, 2.45) is 5.92 Å². The van der Waals surface area contributed by atoms with E-state index in [4.69, 9.17) is 14.6 Å². The number of aliphatic carboxylic acids is 1. The quantitative estimate of drug-likeness (QED) is 0.724. The van der Waals surface area contributed by atoms with E-state index >= 15 is 0 Å². The molecule has 0 amide bonds. The summed E-state index contributed by atoms with van der Waals surface area (Å²) in [4.78, 5) is 10.8. The number of carbonyl (C=O) groups is 1. The van der Waals surface area contributed by atoms with Crippen LogP contribution in [-0.4, -0.2) is 47.7 Å². The maximum atomic E-state index is 10.8. The van der Waals surface area contributed by atoms with Gasteiger partial charge in [0, 0.05) is 6.61 Å². The monoisotopic (exact) mass is 260 g/mol. The topological polar surface area (TPSA) is 76.0 Å². The van der Waals surface area contributed by atoms with Crippen molar-refractivity contribution in [1.82, 2.24) is 0 Å². The van der Waals surface area contributed by atoms with E-state index in [1.165, 1.54) is 0 Å². The fourth-order valence-electron chi connectivity index (χ4n) is 2.18. The smallest absolute Gasteiger partial charge is 0.306 e. The highest BCUT2D eigenvalue weighted by Crippen LogP contribution is 2.32. The van der Waals surface area contributed by atoms with Crippen molar-refractivity contribution in [3.05, 3.63) is 0 Å². The van der Waals surface area contributed by atoms with Gasteiger partial charge in [-0.05, 0) is 39.5 Å². The van der Waals surface area contributed by atoms with Crippen molar-refractivity contribution in [1.29, 1.82) is 0 Å². The maximum Gasteiger partial charge on any atom is 0.306 e. The molecule has 1 rings (SSSR count). The highest BCUT2D eigenvalue weighted by molar-refractivity contribution is 5.70. The molecule has 0 aromatic rings. The third-order valence-electron chi connectivity index (χ3n) is 3.46. The molecule has 0 bridgehead atoms. The van der Waals surface area contributed by atoms with Crippen LogP contribution in [0.2, 0.25) is 0 Å². The maximum absolute atomic E-state index is 10.8. The van der Waals surface area contributed by atoms with Crippen LogP contribution in [0.25, 0.3) is 0 Å². The Hall–Kier alpha value is -0.650. The van der Waals surface area contributed by atoms with Gasteiger partial charge in [-0.1, -0.05) is 0 Å². The zero-order valence-electron chi connectivity index (χ0n) is 11.2. The Morgan fingerprint density at radius 2 is 2.06 bits per heavy atom. The third-order valence-corrected chi connectivity index (χ3v) is 3.46. The zero-order valence-corrected chi connectivity index (χ0v) is 11.2. The Kier molecular flexibility index (Phi) is 6.05. The molecule has 106 valence electrons. The van der Waals surface area contributed by atoms with E-state index in [-0.39, 0.29) is 18.6 Å². The van der Waals surface area contributed by atoms with Crippen molar-refractivity contribution in [2.75, 3.05) is 19.8 Å². The van der Waals surface area contributed by atoms with Crippen LogP contribution in [0.1, 0.15) is 39.5 Å². The highest BCUT2D eigenvalue weighted by Gasteiger charge is 2.36. The van der Waals surface area contributed by atoms with E-state index in [0.29, 0.717) is 38.9 Å². The van der Waals surface area contributed by atoms with Gasteiger partial charge in [-0.2, -0.15) is 0 Å². The Balaban J connectivity index is 2.27. The Bertz CT molecular complexity index is 258. The molecule has 0 aromatic carbocycles. The minimum absolute atomic E-state index is 0.0498. The number of carboxylic acids is 1. The molecule has 2 N–H and O–H groups in total. The normalized spacial score (nSPS) is 30.1. The van der Waals surface area contributed by atoms with Gasteiger partial charge in [0.1, 0.15) is 0 Å². The van der Waals surface area contributed by atoms with Crippen LogP contribution in [0.4, 0.5) is 0 Å². The van der Waals surface area contributed by atoms with E-state index < -0.39 is 11.6 Å². The van der Waals surface area contributed by atoms with Crippen molar-refractivity contribution >= 4 is 5.97 Å². The molecule has 0 spiro atoms. The number of hydrogen-bond acceptors (Lipinski definition) is 4. The number of hydrogen-bond donors (Lipinski definition) is 2. The largest absolute Gasteiger partial charge is 0.481 e. The molecule has 5 nitrogen and oxygen atoms in total. The molecule has 5 heteroatoms. The Labute approximate surface area is 108 Å². The summed E-state index contributed by atoms with van der Waals surface area (Å²) in [5, 5.41) is 19.2. The third kappa shape index (κ3) is 4.92. The van der Waals surface area contributed by atoms with E-state index in [2.05, 4.69) is 0 Å². The van der Waals surface area contributed by atoms with Crippen molar-refractivity contribution in [3.8, 4) is 0 Å². The summed E-state index contributed by atoms with van der Waals surface area (Å²) in [6.45, 7) is 5.26. The second kappa shape index (κ2) is 7.07. The molecule has 1 aliphatic rings. The summed E-state index contributed by atoms with van der Waals surface area (Å²) >= 11 is 0. The summed E-state index contributed by atoms with van der Waals surface area (Å²) in [6, 6.07) is 0. The SMILES string of the molecule is CCOCC(C)OCC1(O)CCC(C(=O)O)CC1. The summed E-state index contributed by atoms with van der Waals surface area (Å²) < 4.78 is 10.8. The molecular formula is C13H24O5. The average molecular weight is 260 g/mol. The molecule has 1 fully saturated rings. The van der Waals surface area contributed by atoms with Crippen molar-refractivity contribution in [2.45, 2.75) is 51.2 Å². The lowest BCUT2D eigenvalue weighted by Crippen LogP contribution is -2.41. The lowest BCUT2D eigenvalue weighted by molar-refractivity contribution is -0.147. The van der Waals surface area contributed by atoms with Gasteiger partial charge in [-0.15, -0.1) is 0 Å². The standard InChI is InChI=1S/C13H24O5/c1-3-17-8-10(2)18-9-13(16)6-4-11(5-7-13)12(14)15/h10-11,16H,3-9H2,1-2H3,(H,14,15). The van der Waals surface area contributed by atoms with E-state index in [0.717, 1.165) is 0 Å². The van der Waals surface area contributed by atoms with E-state index in [9.17, 15) is 9.90 Å². The summed E-state index contributed by atoms with van der Waals surface area (Å²) in [5.74, 6) is -1.08. The van der Waals surface area contributed by atoms with Crippen LogP contribution in [0.3, 0.4) is 0 Å². The second-order valence-corrected chi connectivity index (χ2v) is 5.12. The first-order chi connectivity index (χ1) is 8.47. The van der Waals surface area contributed by atoms with E-state index in [1.54, 1.807) is 0 Å². The Morgan fingerprint density at radius 3 is 2.56 bits per heavy atom. The lowest BCUT2D eigenvalue weighted by Gasteiger charge is -2.35. The van der Waals surface area contributed by atoms with Gasteiger partial charge in [0.15, 0.2) is 0 Å². The minimum Gasteiger partial charge on any atom is -0.481 e. The Morgan fingerprint density at radius 1 is 1.44 bits per heavy atom. The van der Waals surface area contributed by atoms with Gasteiger partial charge in [0.2, 0.25) is 0 Å². The molecule has 0 saturated heterocycles. The van der Waals surface area contributed by atoms with Gasteiger partial charge in [0.05, 0.1) is 30.8 Å². The number of rotatable bonds is 7. The molecule has 0 heterocycles. The van der Waals surface area contributed by atoms with Crippen molar-refractivity contribution in [3.63, 3.8) is 0 Å². The van der Waals surface area contributed by atoms with Gasteiger partial charge in [-0.3, -0.25) is 4.79 Å². The lowest BCUT2D eigenvalue weighted by atomic mass is 9.79. The number of aliphatic hydroxyl groups is 1. The van der Waals surface area contributed by atoms with Crippen LogP contribution in [0, 0.1) is 5.92 Å². The number of carboxylic acid groups (broad SMARTS) is 1. The van der Waals surface area contributed by atoms with Gasteiger partial charge in [-0.25, -0.2) is 0 Å². The fraction of sp³-hybridized carbons (Fsp3) is 0.923. The van der Waals surface area contributed by atoms with E-state index in [1.807, 2.05) is 13.8 Å². The van der Waals surface area contributed by atoms with Gasteiger partial charge >= 0.3 is 5.97 Å². The highest BCUT2D eigenvalue weighted by atomic mass is 16.5. The summed E-state index contributed by atoms with van der Waals surface area (Å²) in [6.07, 6.45) is 1.98. The predicted molar refractivity (Wildman–Crippen MR) is 66.5 cm³/mol.